The van der Waals surface area contributed by atoms with Crippen LogP contribution >= 0.6 is 0 Å². The fourth-order valence-corrected chi connectivity index (χ4v) is 0.232. The molecule has 0 amide bonds. The Morgan fingerprint density at radius 1 is 1.21 bits per heavy atom. The van der Waals surface area contributed by atoms with Gasteiger partial charge in [0.1, 0.15) is 18.5 Å². The van der Waals surface area contributed by atoms with E-state index >= 15 is 0 Å². The van der Waals surface area contributed by atoms with Crippen molar-refractivity contribution in [2.75, 3.05) is 6.67 Å². The van der Waals surface area contributed by atoms with Crippen molar-refractivity contribution in [2.24, 2.45) is 0 Å². The average molecular weight is 220 g/mol. The largest absolute Gasteiger partial charge is 0.251 e. The lowest BCUT2D eigenvalue weighted by molar-refractivity contribution is 0.341. The van der Waals surface area contributed by atoms with Crippen LogP contribution in [0, 0.1) is 0 Å². The molecule has 0 fully saturated rings. The SMILES string of the molecule is CC(F)/C(F)=C/F.F/C=C(\F)CCF. The highest BCUT2D eigenvalue weighted by atomic mass is 19.2. The molecule has 0 saturated heterocycles. The van der Waals surface area contributed by atoms with Crippen LogP contribution < -0.4 is 0 Å². The third-order valence-electron chi connectivity index (χ3n) is 0.936. The van der Waals surface area contributed by atoms with Crippen molar-refractivity contribution < 1.29 is 26.3 Å². The van der Waals surface area contributed by atoms with E-state index in [2.05, 4.69) is 0 Å². The van der Waals surface area contributed by atoms with Crippen molar-refractivity contribution in [1.29, 1.82) is 0 Å². The summed E-state index contributed by atoms with van der Waals surface area (Å²) < 4.78 is 66.9. The molecular formula is C8H10F6. The monoisotopic (exact) mass is 220 g/mol. The summed E-state index contributed by atoms with van der Waals surface area (Å²) in [4.78, 5) is 0. The number of allylic oxidation sites excluding steroid dienone is 2. The molecule has 0 aliphatic carbocycles. The van der Waals surface area contributed by atoms with Gasteiger partial charge in [-0.2, -0.15) is 0 Å². The van der Waals surface area contributed by atoms with Gasteiger partial charge in [-0.3, -0.25) is 4.39 Å². The van der Waals surface area contributed by atoms with Crippen molar-refractivity contribution in [3.8, 4) is 0 Å². The molecule has 0 radical (unpaired) electrons. The second-order valence-corrected chi connectivity index (χ2v) is 2.10. The number of rotatable bonds is 3. The Labute approximate surface area is 77.9 Å². The molecule has 1 unspecified atom stereocenters. The third-order valence-corrected chi connectivity index (χ3v) is 0.936. The molecule has 0 spiro atoms. The first-order chi connectivity index (χ1) is 6.49. The van der Waals surface area contributed by atoms with Gasteiger partial charge in [-0.15, -0.1) is 0 Å². The van der Waals surface area contributed by atoms with E-state index in [-0.39, 0.29) is 12.7 Å². The molecule has 0 aliphatic heterocycles. The van der Waals surface area contributed by atoms with Crippen LogP contribution in [0.1, 0.15) is 13.3 Å². The lowest BCUT2D eigenvalue weighted by atomic mass is 10.4. The Morgan fingerprint density at radius 3 is 1.79 bits per heavy atom. The van der Waals surface area contributed by atoms with Gasteiger partial charge in [0.15, 0.2) is 12.0 Å². The molecule has 0 N–H and O–H groups in total. The second-order valence-electron chi connectivity index (χ2n) is 2.10. The maximum absolute atomic E-state index is 11.4. The molecule has 6 heteroatoms. The van der Waals surface area contributed by atoms with Crippen LogP contribution in [0.15, 0.2) is 24.3 Å². The van der Waals surface area contributed by atoms with Gasteiger partial charge in [0.05, 0.1) is 6.67 Å². The fraction of sp³-hybridized carbons (Fsp3) is 0.500. The van der Waals surface area contributed by atoms with E-state index in [4.69, 9.17) is 0 Å². The standard InChI is InChI=1S/2C4H5F3/c1-3(6)4(7)2-5;5-2-1-4(7)3-6/h2-3H,1H3;3H,1-2H2/b4-2-;4-3-. The van der Waals surface area contributed by atoms with Gasteiger partial charge < -0.3 is 0 Å². The Balaban J connectivity index is 0. The van der Waals surface area contributed by atoms with E-state index in [1.807, 2.05) is 0 Å². The third kappa shape index (κ3) is 11.1. The maximum atomic E-state index is 11.4. The van der Waals surface area contributed by atoms with Gasteiger partial charge in [0.25, 0.3) is 0 Å². The zero-order valence-corrected chi connectivity index (χ0v) is 7.41. The Hall–Kier alpha value is -0.940. The predicted molar refractivity (Wildman–Crippen MR) is 41.8 cm³/mol. The molecule has 14 heavy (non-hydrogen) atoms. The van der Waals surface area contributed by atoms with E-state index in [9.17, 15) is 26.3 Å². The first-order valence-electron chi connectivity index (χ1n) is 3.60. The normalized spacial score (nSPS) is 14.5. The van der Waals surface area contributed by atoms with Gasteiger partial charge in [0, 0.05) is 6.42 Å². The van der Waals surface area contributed by atoms with E-state index < -0.39 is 30.9 Å². The summed E-state index contributed by atoms with van der Waals surface area (Å²) in [6.45, 7) is 0.0810. The van der Waals surface area contributed by atoms with Gasteiger partial charge in [-0.1, -0.05) is 0 Å². The van der Waals surface area contributed by atoms with Gasteiger partial charge in [-0.25, -0.2) is 22.0 Å². The van der Waals surface area contributed by atoms with Crippen LogP contribution in [0.4, 0.5) is 26.3 Å². The predicted octanol–water partition coefficient (Wildman–Crippen LogP) is 4.25. The highest BCUT2D eigenvalue weighted by molar-refractivity contribution is 4.90. The minimum absolute atomic E-state index is 0.237. The van der Waals surface area contributed by atoms with Crippen LogP contribution in [0.25, 0.3) is 0 Å². The summed E-state index contributed by atoms with van der Waals surface area (Å²) in [5.74, 6) is -2.40. The molecule has 0 heterocycles. The van der Waals surface area contributed by atoms with Crippen LogP contribution in [-0.4, -0.2) is 12.8 Å². The van der Waals surface area contributed by atoms with Crippen molar-refractivity contribution >= 4 is 0 Å². The molecule has 84 valence electrons. The topological polar surface area (TPSA) is 0 Å². The first-order valence-corrected chi connectivity index (χ1v) is 3.60. The zero-order chi connectivity index (χ0) is 11.6. The highest BCUT2D eigenvalue weighted by Gasteiger charge is 2.02. The summed E-state index contributed by atoms with van der Waals surface area (Å²) in [5.41, 5.74) is 0. The molecule has 0 rings (SSSR count). The van der Waals surface area contributed by atoms with Crippen molar-refractivity contribution in [1.82, 2.24) is 0 Å². The fourth-order valence-electron chi connectivity index (χ4n) is 0.232. The van der Waals surface area contributed by atoms with Crippen molar-refractivity contribution in [3.05, 3.63) is 24.3 Å². The quantitative estimate of drug-likeness (QED) is 0.623. The molecule has 1 atom stereocenters. The molecule has 0 aliphatic rings. The minimum atomic E-state index is -1.81. The number of halogens is 6. The molecular weight excluding hydrogens is 210 g/mol. The molecule has 0 aromatic rings. The van der Waals surface area contributed by atoms with Crippen molar-refractivity contribution in [3.63, 3.8) is 0 Å². The number of hydrogen-bond donors (Lipinski definition) is 0. The van der Waals surface area contributed by atoms with Crippen LogP contribution in [-0.2, 0) is 0 Å². The van der Waals surface area contributed by atoms with Crippen LogP contribution in [0.2, 0.25) is 0 Å². The van der Waals surface area contributed by atoms with E-state index in [0.29, 0.717) is 0 Å². The summed E-state index contributed by atoms with van der Waals surface area (Å²) in [6.07, 6.45) is -2.88. The van der Waals surface area contributed by atoms with Gasteiger partial charge >= 0.3 is 0 Å². The highest BCUT2D eigenvalue weighted by Crippen LogP contribution is 2.06. The first kappa shape index (κ1) is 15.5. The van der Waals surface area contributed by atoms with E-state index in [1.165, 1.54) is 0 Å². The summed E-state index contributed by atoms with van der Waals surface area (Å²) in [6, 6.07) is 0. The molecule has 0 bridgehead atoms. The zero-order valence-electron chi connectivity index (χ0n) is 7.41. The smallest absolute Gasteiger partial charge is 0.162 e. The lowest BCUT2D eigenvalue weighted by Crippen LogP contribution is -1.89. The summed E-state index contributed by atoms with van der Waals surface area (Å²) in [5, 5.41) is 0. The van der Waals surface area contributed by atoms with E-state index in [1.54, 1.807) is 0 Å². The maximum Gasteiger partial charge on any atom is 0.162 e. The second kappa shape index (κ2) is 10.1. The van der Waals surface area contributed by atoms with Gasteiger partial charge in [0.2, 0.25) is 0 Å². The molecule has 0 saturated carbocycles. The minimum Gasteiger partial charge on any atom is -0.251 e. The van der Waals surface area contributed by atoms with Crippen LogP contribution in [0.5, 0.6) is 0 Å². The van der Waals surface area contributed by atoms with Crippen LogP contribution in [0.3, 0.4) is 0 Å². The van der Waals surface area contributed by atoms with Crippen molar-refractivity contribution in [2.45, 2.75) is 19.5 Å². The Kier molecular flexibility index (Phi) is 11.3. The summed E-state index contributed by atoms with van der Waals surface area (Å²) in [7, 11) is 0. The Bertz CT molecular complexity index is 184. The molecule has 0 nitrogen and oxygen atoms in total. The Morgan fingerprint density at radius 2 is 1.71 bits per heavy atom. The molecule has 0 aromatic heterocycles. The summed E-state index contributed by atoms with van der Waals surface area (Å²) >= 11 is 0. The van der Waals surface area contributed by atoms with Gasteiger partial charge in [-0.05, 0) is 6.92 Å². The average Bonchev–Trinajstić information content (AvgIpc) is 2.17. The molecule has 0 aromatic carbocycles. The van der Waals surface area contributed by atoms with E-state index in [0.717, 1.165) is 6.92 Å². The lowest BCUT2D eigenvalue weighted by Gasteiger charge is -1.89. The number of alkyl halides is 2. The number of hydrogen-bond acceptors (Lipinski definition) is 0.